The van der Waals surface area contributed by atoms with E-state index in [4.69, 9.17) is 25.5 Å². The number of rotatable bonds is 5. The minimum Gasteiger partial charge on any atom is -0.489 e. The van der Waals surface area contributed by atoms with Crippen molar-refractivity contribution >= 4 is 22.6 Å². The van der Waals surface area contributed by atoms with Crippen LogP contribution in [0, 0.1) is 13.8 Å². The molecule has 0 saturated carbocycles. The van der Waals surface area contributed by atoms with Crippen molar-refractivity contribution in [2.75, 3.05) is 0 Å². The van der Waals surface area contributed by atoms with E-state index in [0.717, 1.165) is 16.7 Å². The van der Waals surface area contributed by atoms with Gasteiger partial charge < -0.3 is 13.9 Å². The van der Waals surface area contributed by atoms with E-state index in [2.05, 4.69) is 0 Å². The van der Waals surface area contributed by atoms with Crippen molar-refractivity contribution in [3.05, 3.63) is 98.4 Å². The van der Waals surface area contributed by atoms with Crippen LogP contribution in [0.5, 0.6) is 17.2 Å². The van der Waals surface area contributed by atoms with E-state index >= 15 is 0 Å². The number of ether oxygens (including phenoxy) is 2. The lowest BCUT2D eigenvalue weighted by Gasteiger charge is -2.14. The second-order valence-corrected chi connectivity index (χ2v) is 8.03. The topological polar surface area (TPSA) is 48.7 Å². The largest absolute Gasteiger partial charge is 0.489 e. The Labute approximate surface area is 192 Å². The van der Waals surface area contributed by atoms with Crippen LogP contribution < -0.4 is 14.9 Å². The summed E-state index contributed by atoms with van der Waals surface area (Å²) in [6, 6.07) is 16.0. The fourth-order valence-corrected chi connectivity index (χ4v) is 3.64. The van der Waals surface area contributed by atoms with Crippen LogP contribution in [0.15, 0.2) is 69.9 Å². The lowest BCUT2D eigenvalue weighted by atomic mass is 10.1. The first-order valence-electron chi connectivity index (χ1n) is 9.91. The third-order valence-corrected chi connectivity index (χ3v) is 5.02. The van der Waals surface area contributed by atoms with E-state index in [-0.39, 0.29) is 29.1 Å². The first kappa shape index (κ1) is 22.7. The molecule has 0 spiro atoms. The molecule has 1 heterocycles. The van der Waals surface area contributed by atoms with Gasteiger partial charge in [0.15, 0.2) is 0 Å². The second kappa shape index (κ2) is 8.83. The Morgan fingerprint density at radius 3 is 2.33 bits per heavy atom. The summed E-state index contributed by atoms with van der Waals surface area (Å²) < 4.78 is 57.5. The summed E-state index contributed by atoms with van der Waals surface area (Å²) in [4.78, 5) is 13.0. The lowest BCUT2D eigenvalue weighted by Crippen LogP contribution is -2.15. The van der Waals surface area contributed by atoms with Crippen LogP contribution in [-0.2, 0) is 12.8 Å². The fourth-order valence-electron chi connectivity index (χ4n) is 3.43. The van der Waals surface area contributed by atoms with Crippen molar-refractivity contribution in [2.45, 2.75) is 26.6 Å². The number of halogens is 4. The minimum absolute atomic E-state index is 0.0579. The Morgan fingerprint density at radius 2 is 1.67 bits per heavy atom. The van der Waals surface area contributed by atoms with E-state index in [9.17, 15) is 18.0 Å². The number of fused-ring (bicyclic) bond motifs is 1. The first-order chi connectivity index (χ1) is 15.6. The molecule has 4 rings (SSSR count). The summed E-state index contributed by atoms with van der Waals surface area (Å²) in [5.41, 5.74) is 1.15. The lowest BCUT2D eigenvalue weighted by molar-refractivity contribution is -0.154. The van der Waals surface area contributed by atoms with E-state index < -0.39 is 23.1 Å². The maximum Gasteiger partial charge on any atom is 0.453 e. The van der Waals surface area contributed by atoms with Crippen LogP contribution in [0.25, 0.3) is 11.0 Å². The monoisotopic (exact) mass is 474 g/mol. The highest BCUT2D eigenvalue weighted by atomic mass is 35.5. The van der Waals surface area contributed by atoms with Gasteiger partial charge in [-0.2, -0.15) is 13.2 Å². The normalized spacial score (nSPS) is 11.6. The number of hydrogen-bond acceptors (Lipinski definition) is 4. The summed E-state index contributed by atoms with van der Waals surface area (Å²) in [6.45, 7) is 3.69. The van der Waals surface area contributed by atoms with E-state index in [0.29, 0.717) is 5.02 Å². The van der Waals surface area contributed by atoms with E-state index in [1.54, 1.807) is 50.2 Å². The Morgan fingerprint density at radius 1 is 0.939 bits per heavy atom. The van der Waals surface area contributed by atoms with Crippen LogP contribution in [-0.4, -0.2) is 0 Å². The molecular formula is C25H18ClF3O4. The van der Waals surface area contributed by atoms with Crippen molar-refractivity contribution in [3.63, 3.8) is 0 Å². The van der Waals surface area contributed by atoms with Gasteiger partial charge >= 0.3 is 6.18 Å². The first-order valence-corrected chi connectivity index (χ1v) is 10.3. The van der Waals surface area contributed by atoms with Gasteiger partial charge in [0, 0.05) is 11.1 Å². The number of hydrogen-bond donors (Lipinski definition) is 0. The summed E-state index contributed by atoms with van der Waals surface area (Å²) in [6.07, 6.45) is -4.95. The molecule has 3 aromatic carbocycles. The molecule has 0 N–H and O–H groups in total. The number of alkyl halides is 3. The molecule has 0 amide bonds. The molecule has 4 nitrogen and oxygen atoms in total. The standard InChI is InChI=1S/C25H18ClF3O4/c1-14-8-15(2)10-19(9-14)32-23-22(30)20-7-6-18(12-21(20)33-24(23)25(27,28)29)31-13-16-4-3-5-17(26)11-16/h3-12H,13H2,1-2H3. The molecule has 0 radical (unpaired) electrons. The van der Waals surface area contributed by atoms with Gasteiger partial charge in [0.2, 0.25) is 11.2 Å². The van der Waals surface area contributed by atoms with Crippen molar-refractivity contribution in [3.8, 4) is 17.2 Å². The molecule has 0 aliphatic rings. The van der Waals surface area contributed by atoms with Crippen molar-refractivity contribution < 1.29 is 27.1 Å². The average molecular weight is 475 g/mol. The third-order valence-electron chi connectivity index (χ3n) is 4.79. The van der Waals surface area contributed by atoms with Crippen LogP contribution in [0.2, 0.25) is 5.02 Å². The SMILES string of the molecule is Cc1cc(C)cc(Oc2c(C(F)(F)F)oc3cc(OCc4cccc(Cl)c4)ccc3c2=O)c1. The molecule has 8 heteroatoms. The summed E-state index contributed by atoms with van der Waals surface area (Å²) in [7, 11) is 0. The zero-order valence-corrected chi connectivity index (χ0v) is 18.4. The summed E-state index contributed by atoms with van der Waals surface area (Å²) in [5, 5.41) is 0.476. The highest BCUT2D eigenvalue weighted by Crippen LogP contribution is 2.39. The zero-order valence-electron chi connectivity index (χ0n) is 17.6. The Kier molecular flexibility index (Phi) is 6.08. The van der Waals surface area contributed by atoms with Crippen molar-refractivity contribution in [1.82, 2.24) is 0 Å². The van der Waals surface area contributed by atoms with Gasteiger partial charge in [0.05, 0.1) is 5.39 Å². The highest BCUT2D eigenvalue weighted by molar-refractivity contribution is 6.30. The van der Waals surface area contributed by atoms with Crippen LogP contribution in [0.4, 0.5) is 13.2 Å². The van der Waals surface area contributed by atoms with Gasteiger partial charge in [-0.25, -0.2) is 0 Å². The quantitative estimate of drug-likeness (QED) is 0.301. The molecular weight excluding hydrogens is 457 g/mol. The molecule has 4 aromatic rings. The Balaban J connectivity index is 1.74. The molecule has 170 valence electrons. The molecule has 0 fully saturated rings. The maximum atomic E-state index is 13.8. The van der Waals surface area contributed by atoms with Gasteiger partial charge in [-0.3, -0.25) is 4.79 Å². The van der Waals surface area contributed by atoms with Gasteiger partial charge in [-0.15, -0.1) is 0 Å². The molecule has 33 heavy (non-hydrogen) atoms. The Hall–Kier alpha value is -3.45. The molecule has 0 saturated heterocycles. The summed E-state index contributed by atoms with van der Waals surface area (Å²) in [5.74, 6) is -2.06. The van der Waals surface area contributed by atoms with Crippen LogP contribution in [0.1, 0.15) is 22.5 Å². The predicted octanol–water partition coefficient (Wildman–Crippen LogP) is 7.45. The minimum atomic E-state index is -4.95. The van der Waals surface area contributed by atoms with Gasteiger partial charge in [0.1, 0.15) is 23.7 Å². The van der Waals surface area contributed by atoms with Crippen LogP contribution >= 0.6 is 11.6 Å². The van der Waals surface area contributed by atoms with Crippen molar-refractivity contribution in [2.24, 2.45) is 0 Å². The fraction of sp³-hybridized carbons (Fsp3) is 0.160. The van der Waals surface area contributed by atoms with Gasteiger partial charge in [-0.1, -0.05) is 29.8 Å². The second-order valence-electron chi connectivity index (χ2n) is 7.59. The predicted molar refractivity (Wildman–Crippen MR) is 119 cm³/mol. The highest BCUT2D eigenvalue weighted by Gasteiger charge is 2.40. The van der Waals surface area contributed by atoms with Gasteiger partial charge in [-0.05, 0) is 66.9 Å². The molecule has 0 bridgehead atoms. The Bertz CT molecular complexity index is 1370. The molecule has 0 aliphatic carbocycles. The average Bonchev–Trinajstić information content (AvgIpc) is 2.72. The smallest absolute Gasteiger partial charge is 0.453 e. The zero-order chi connectivity index (χ0) is 23.8. The molecule has 1 aromatic heterocycles. The molecule has 0 aliphatic heterocycles. The van der Waals surface area contributed by atoms with E-state index in [1.807, 2.05) is 6.07 Å². The molecule has 0 atom stereocenters. The van der Waals surface area contributed by atoms with Gasteiger partial charge in [0.25, 0.3) is 5.76 Å². The van der Waals surface area contributed by atoms with Crippen molar-refractivity contribution in [1.29, 1.82) is 0 Å². The van der Waals surface area contributed by atoms with Crippen LogP contribution in [0.3, 0.4) is 0 Å². The number of aryl methyl sites for hydroxylation is 2. The molecule has 0 unspecified atom stereocenters. The number of benzene rings is 3. The third kappa shape index (κ3) is 5.14. The summed E-state index contributed by atoms with van der Waals surface area (Å²) >= 11 is 5.95. The maximum absolute atomic E-state index is 13.8. The van der Waals surface area contributed by atoms with E-state index in [1.165, 1.54) is 18.2 Å².